The number of aryl methyl sites for hydroxylation is 1. The van der Waals surface area contributed by atoms with Crippen molar-refractivity contribution < 1.29 is 26.7 Å². The fraction of sp³-hybridized carbons (Fsp3) is 0.231. The van der Waals surface area contributed by atoms with Gasteiger partial charge < -0.3 is 4.74 Å². The number of ether oxygens (including phenoxy) is 1. The van der Waals surface area contributed by atoms with E-state index in [-0.39, 0.29) is 17.9 Å². The molecule has 0 amide bonds. The van der Waals surface area contributed by atoms with Crippen molar-refractivity contribution in [1.29, 1.82) is 0 Å². The van der Waals surface area contributed by atoms with E-state index < -0.39 is 29.1 Å². The number of halogens is 5. The van der Waals surface area contributed by atoms with Gasteiger partial charge in [0.1, 0.15) is 24.0 Å². The highest BCUT2D eigenvalue weighted by molar-refractivity contribution is 5.45. The number of rotatable bonds is 7. The molecule has 0 N–H and O–H groups in total. The topological polar surface area (TPSA) is 9.23 Å². The zero-order chi connectivity index (χ0) is 23.1. The summed E-state index contributed by atoms with van der Waals surface area (Å²) in [6.45, 7) is 2.05. The van der Waals surface area contributed by atoms with Gasteiger partial charge in [0, 0.05) is 17.7 Å². The van der Waals surface area contributed by atoms with Gasteiger partial charge in [-0.1, -0.05) is 43.7 Å². The van der Waals surface area contributed by atoms with Crippen LogP contribution in [0.5, 0.6) is 5.75 Å². The molecule has 3 aromatic rings. The van der Waals surface area contributed by atoms with Crippen LogP contribution in [0.1, 0.15) is 48.4 Å². The molecule has 0 aromatic heterocycles. The number of hydrogen-bond acceptors (Lipinski definition) is 1. The molecule has 3 aromatic carbocycles. The molecule has 0 aliphatic heterocycles. The second-order valence-electron chi connectivity index (χ2n) is 7.33. The fourth-order valence-electron chi connectivity index (χ4n) is 3.07. The third-order valence-corrected chi connectivity index (χ3v) is 4.82. The first-order valence-corrected chi connectivity index (χ1v) is 10.2. The minimum Gasteiger partial charge on any atom is -0.489 e. The summed E-state index contributed by atoms with van der Waals surface area (Å²) in [6.07, 6.45) is 3.53. The first-order chi connectivity index (χ1) is 15.4. The lowest BCUT2D eigenvalue weighted by molar-refractivity contribution is 0.299. The van der Waals surface area contributed by atoms with Gasteiger partial charge in [0.25, 0.3) is 0 Å². The van der Waals surface area contributed by atoms with E-state index in [9.17, 15) is 22.0 Å². The predicted octanol–water partition coefficient (Wildman–Crippen LogP) is 7.09. The standard InChI is InChI=1S/C26H21F5O/c1-2-3-4-5-19-12-22(27)21(23(28)13-19)11-10-17-6-8-18(9-7-17)16-32-20-14-24(29)26(31)25(30)15-20/h6-9,12-15H,2-5,16H2,1H3. The van der Waals surface area contributed by atoms with Gasteiger partial charge in [-0.3, -0.25) is 0 Å². The van der Waals surface area contributed by atoms with Crippen molar-refractivity contribution in [3.63, 3.8) is 0 Å². The van der Waals surface area contributed by atoms with E-state index >= 15 is 0 Å². The van der Waals surface area contributed by atoms with E-state index in [4.69, 9.17) is 4.74 Å². The molecule has 0 bridgehead atoms. The summed E-state index contributed by atoms with van der Waals surface area (Å²) in [5.74, 6) is -0.481. The van der Waals surface area contributed by atoms with E-state index in [0.29, 0.717) is 23.1 Å². The van der Waals surface area contributed by atoms with Crippen molar-refractivity contribution >= 4 is 0 Å². The van der Waals surface area contributed by atoms with E-state index in [1.165, 1.54) is 12.1 Å². The second-order valence-corrected chi connectivity index (χ2v) is 7.33. The minimum absolute atomic E-state index is 0.0129. The number of hydrogen-bond donors (Lipinski definition) is 0. The van der Waals surface area contributed by atoms with Gasteiger partial charge in [-0.05, 0) is 48.2 Å². The van der Waals surface area contributed by atoms with Gasteiger partial charge >= 0.3 is 0 Å². The highest BCUT2D eigenvalue weighted by atomic mass is 19.2. The summed E-state index contributed by atoms with van der Waals surface area (Å²) < 4.78 is 73.3. The molecule has 0 unspecified atom stereocenters. The molecule has 3 rings (SSSR count). The SMILES string of the molecule is CCCCCc1cc(F)c(C#Cc2ccc(COc3cc(F)c(F)c(F)c3)cc2)c(F)c1. The molecule has 166 valence electrons. The largest absolute Gasteiger partial charge is 0.489 e. The van der Waals surface area contributed by atoms with Crippen molar-refractivity contribution in [1.82, 2.24) is 0 Å². The van der Waals surface area contributed by atoms with Crippen molar-refractivity contribution in [3.05, 3.63) is 99.9 Å². The Labute approximate surface area is 183 Å². The lowest BCUT2D eigenvalue weighted by atomic mass is 10.0. The van der Waals surface area contributed by atoms with Crippen LogP contribution < -0.4 is 4.74 Å². The smallest absolute Gasteiger partial charge is 0.194 e. The summed E-state index contributed by atoms with van der Waals surface area (Å²) in [5, 5.41) is 0. The molecule has 0 aliphatic carbocycles. The molecule has 0 atom stereocenters. The molecule has 0 heterocycles. The zero-order valence-corrected chi connectivity index (χ0v) is 17.5. The number of benzene rings is 3. The summed E-state index contributed by atoms with van der Waals surface area (Å²) in [4.78, 5) is 0. The third kappa shape index (κ3) is 6.10. The average molecular weight is 444 g/mol. The van der Waals surface area contributed by atoms with Crippen LogP contribution in [-0.2, 0) is 13.0 Å². The summed E-state index contributed by atoms with van der Waals surface area (Å²) in [6, 6.07) is 10.7. The molecule has 1 nitrogen and oxygen atoms in total. The van der Waals surface area contributed by atoms with Crippen molar-refractivity contribution in [2.24, 2.45) is 0 Å². The molecule has 0 aliphatic rings. The highest BCUT2D eigenvalue weighted by Crippen LogP contribution is 2.21. The summed E-state index contributed by atoms with van der Waals surface area (Å²) in [7, 11) is 0. The van der Waals surface area contributed by atoms with Crippen LogP contribution >= 0.6 is 0 Å². The average Bonchev–Trinajstić information content (AvgIpc) is 2.76. The van der Waals surface area contributed by atoms with E-state index in [1.54, 1.807) is 24.3 Å². The van der Waals surface area contributed by atoms with Crippen molar-refractivity contribution in [2.45, 2.75) is 39.2 Å². The Hall–Kier alpha value is -3.33. The Bertz CT molecular complexity index is 1100. The molecule has 0 saturated heterocycles. The van der Waals surface area contributed by atoms with Gasteiger partial charge in [0.2, 0.25) is 0 Å². The van der Waals surface area contributed by atoms with Crippen LogP contribution in [0.3, 0.4) is 0 Å². The maximum absolute atomic E-state index is 14.3. The van der Waals surface area contributed by atoms with Crippen molar-refractivity contribution in [3.8, 4) is 17.6 Å². The van der Waals surface area contributed by atoms with Crippen LogP contribution in [0, 0.1) is 40.9 Å². The molecule has 0 spiro atoms. The summed E-state index contributed by atoms with van der Waals surface area (Å²) in [5.41, 5.74) is 1.52. The van der Waals surface area contributed by atoms with Crippen LogP contribution in [-0.4, -0.2) is 0 Å². The van der Waals surface area contributed by atoms with Gasteiger partial charge in [-0.2, -0.15) is 0 Å². The molecule has 0 radical (unpaired) electrons. The molecular weight excluding hydrogens is 423 g/mol. The fourth-order valence-corrected chi connectivity index (χ4v) is 3.07. The summed E-state index contributed by atoms with van der Waals surface area (Å²) >= 11 is 0. The van der Waals surface area contributed by atoms with E-state index in [0.717, 1.165) is 31.4 Å². The van der Waals surface area contributed by atoms with Gasteiger partial charge in [-0.15, -0.1) is 0 Å². The normalized spacial score (nSPS) is 10.6. The quantitative estimate of drug-likeness (QED) is 0.164. The zero-order valence-electron chi connectivity index (χ0n) is 17.5. The van der Waals surface area contributed by atoms with Gasteiger partial charge in [-0.25, -0.2) is 22.0 Å². The molecular formula is C26H21F5O. The molecule has 32 heavy (non-hydrogen) atoms. The van der Waals surface area contributed by atoms with Gasteiger partial charge in [0.15, 0.2) is 17.5 Å². The Morgan fingerprint density at radius 1 is 0.719 bits per heavy atom. The maximum atomic E-state index is 14.3. The number of unbranched alkanes of at least 4 members (excludes halogenated alkanes) is 2. The third-order valence-electron chi connectivity index (χ3n) is 4.82. The monoisotopic (exact) mass is 444 g/mol. The Morgan fingerprint density at radius 2 is 1.34 bits per heavy atom. The Kier molecular flexibility index (Phi) is 7.88. The van der Waals surface area contributed by atoms with Gasteiger partial charge in [0.05, 0.1) is 5.56 Å². The van der Waals surface area contributed by atoms with E-state index in [1.807, 2.05) is 0 Å². The molecule has 0 saturated carbocycles. The Balaban J connectivity index is 1.65. The lowest BCUT2D eigenvalue weighted by Gasteiger charge is -2.07. The Morgan fingerprint density at radius 3 is 1.94 bits per heavy atom. The van der Waals surface area contributed by atoms with Crippen molar-refractivity contribution in [2.75, 3.05) is 0 Å². The van der Waals surface area contributed by atoms with Crippen LogP contribution in [0.2, 0.25) is 0 Å². The first kappa shape index (κ1) is 23.3. The second kappa shape index (κ2) is 10.8. The van der Waals surface area contributed by atoms with E-state index in [2.05, 4.69) is 18.8 Å². The molecule has 6 heteroatoms. The predicted molar refractivity (Wildman–Crippen MR) is 113 cm³/mol. The van der Waals surface area contributed by atoms with Crippen LogP contribution in [0.4, 0.5) is 22.0 Å². The van der Waals surface area contributed by atoms with Crippen LogP contribution in [0.15, 0.2) is 48.5 Å². The van der Waals surface area contributed by atoms with Crippen LogP contribution in [0.25, 0.3) is 0 Å². The lowest BCUT2D eigenvalue weighted by Crippen LogP contribution is -1.98. The molecule has 0 fully saturated rings. The first-order valence-electron chi connectivity index (χ1n) is 10.2. The highest BCUT2D eigenvalue weighted by Gasteiger charge is 2.11. The minimum atomic E-state index is -1.56. The maximum Gasteiger partial charge on any atom is 0.194 e.